The van der Waals surface area contributed by atoms with E-state index in [0.29, 0.717) is 24.4 Å². The Morgan fingerprint density at radius 2 is 1.68 bits per heavy atom. The Balaban J connectivity index is 2.16. The number of nitrogens with zero attached hydrogens (tertiary/aromatic N) is 1. The fourth-order valence-corrected chi connectivity index (χ4v) is 3.31. The van der Waals surface area contributed by atoms with E-state index in [2.05, 4.69) is 10.6 Å². The summed E-state index contributed by atoms with van der Waals surface area (Å²) in [6.45, 7) is 5.53. The Hall–Kier alpha value is -3.35. The standard InChI is InChI=1S/C24H31N3O4/c1-5-15-27(17(2)24(30)26-20-9-7-6-8-10-20)23(29)16-22(25-18(3)28)19-11-13-21(31-4)14-12-19/h6-14,17,22H,5,15-16H2,1-4H3,(H,25,28)(H,26,30). The predicted molar refractivity (Wildman–Crippen MR) is 121 cm³/mol. The van der Waals surface area contributed by atoms with E-state index < -0.39 is 12.1 Å². The van der Waals surface area contributed by atoms with Crippen molar-refractivity contribution in [3.63, 3.8) is 0 Å². The molecule has 0 aliphatic carbocycles. The highest BCUT2D eigenvalue weighted by Gasteiger charge is 2.28. The largest absolute Gasteiger partial charge is 0.497 e. The van der Waals surface area contributed by atoms with Gasteiger partial charge in [-0.2, -0.15) is 0 Å². The van der Waals surface area contributed by atoms with Gasteiger partial charge in [-0.1, -0.05) is 37.3 Å². The van der Waals surface area contributed by atoms with Crippen LogP contribution in [-0.4, -0.2) is 42.3 Å². The molecule has 2 N–H and O–H groups in total. The molecule has 0 aliphatic heterocycles. The zero-order valence-electron chi connectivity index (χ0n) is 18.6. The fraction of sp³-hybridized carbons (Fsp3) is 0.375. The second kappa shape index (κ2) is 11.7. The van der Waals surface area contributed by atoms with Crippen LogP contribution in [0.1, 0.15) is 45.2 Å². The lowest BCUT2D eigenvalue weighted by molar-refractivity contribution is -0.138. The molecule has 0 saturated carbocycles. The van der Waals surface area contributed by atoms with Crippen LogP contribution in [0.4, 0.5) is 5.69 Å². The SMILES string of the molecule is CCCN(C(=O)CC(NC(C)=O)c1ccc(OC)cc1)C(C)C(=O)Nc1ccccc1. The van der Waals surface area contributed by atoms with Crippen molar-refractivity contribution in [1.29, 1.82) is 0 Å². The Morgan fingerprint density at radius 1 is 1.03 bits per heavy atom. The minimum absolute atomic E-state index is 0.0505. The fourth-order valence-electron chi connectivity index (χ4n) is 3.31. The van der Waals surface area contributed by atoms with E-state index in [1.807, 2.05) is 37.3 Å². The average Bonchev–Trinajstić information content (AvgIpc) is 2.77. The monoisotopic (exact) mass is 425 g/mol. The Bertz CT molecular complexity index is 868. The molecule has 0 bridgehead atoms. The van der Waals surface area contributed by atoms with E-state index in [9.17, 15) is 14.4 Å². The molecule has 2 atom stereocenters. The first kappa shape index (κ1) is 23.9. The Kier molecular flexibility index (Phi) is 9.06. The van der Waals surface area contributed by atoms with Crippen molar-refractivity contribution in [3.8, 4) is 5.75 Å². The molecule has 31 heavy (non-hydrogen) atoms. The summed E-state index contributed by atoms with van der Waals surface area (Å²) in [6.07, 6.45) is 0.761. The summed E-state index contributed by atoms with van der Waals surface area (Å²) >= 11 is 0. The van der Waals surface area contributed by atoms with Crippen molar-refractivity contribution in [2.75, 3.05) is 19.0 Å². The molecule has 0 fully saturated rings. The zero-order chi connectivity index (χ0) is 22.8. The summed E-state index contributed by atoms with van der Waals surface area (Å²) in [5.74, 6) is 0.00153. The lowest BCUT2D eigenvalue weighted by Crippen LogP contribution is -2.47. The topological polar surface area (TPSA) is 87.7 Å². The van der Waals surface area contributed by atoms with Crippen LogP contribution < -0.4 is 15.4 Å². The van der Waals surface area contributed by atoms with E-state index in [1.165, 1.54) is 6.92 Å². The number of para-hydroxylation sites is 1. The van der Waals surface area contributed by atoms with Gasteiger partial charge < -0.3 is 20.3 Å². The van der Waals surface area contributed by atoms with Gasteiger partial charge in [0.1, 0.15) is 11.8 Å². The quantitative estimate of drug-likeness (QED) is 0.610. The number of hydrogen-bond acceptors (Lipinski definition) is 4. The molecule has 7 nitrogen and oxygen atoms in total. The van der Waals surface area contributed by atoms with Crippen LogP contribution in [0.25, 0.3) is 0 Å². The second-order valence-corrected chi connectivity index (χ2v) is 7.35. The summed E-state index contributed by atoms with van der Waals surface area (Å²) in [5, 5.41) is 5.69. The predicted octanol–water partition coefficient (Wildman–Crippen LogP) is 3.53. The number of anilines is 1. The van der Waals surface area contributed by atoms with Crippen molar-refractivity contribution >= 4 is 23.4 Å². The van der Waals surface area contributed by atoms with Gasteiger partial charge in [0.05, 0.1) is 19.6 Å². The molecule has 2 rings (SSSR count). The molecule has 0 aromatic heterocycles. The molecule has 166 valence electrons. The van der Waals surface area contributed by atoms with Crippen molar-refractivity contribution in [1.82, 2.24) is 10.2 Å². The molecule has 2 unspecified atom stereocenters. The number of carbonyl (C=O) groups excluding carboxylic acids is 3. The highest BCUT2D eigenvalue weighted by molar-refractivity contribution is 5.97. The van der Waals surface area contributed by atoms with E-state index in [4.69, 9.17) is 4.74 Å². The van der Waals surface area contributed by atoms with Crippen LogP contribution in [-0.2, 0) is 14.4 Å². The molecular formula is C24H31N3O4. The minimum atomic E-state index is -0.651. The normalized spacial score (nSPS) is 12.4. The number of hydrogen-bond donors (Lipinski definition) is 2. The number of nitrogens with one attached hydrogen (secondary N) is 2. The maximum absolute atomic E-state index is 13.2. The van der Waals surface area contributed by atoms with Crippen molar-refractivity contribution in [3.05, 3.63) is 60.2 Å². The van der Waals surface area contributed by atoms with Gasteiger partial charge in [-0.25, -0.2) is 0 Å². The number of amides is 3. The van der Waals surface area contributed by atoms with Gasteiger partial charge in [-0.05, 0) is 43.2 Å². The summed E-state index contributed by atoms with van der Waals surface area (Å²) in [6, 6.07) is 15.2. The smallest absolute Gasteiger partial charge is 0.246 e. The number of benzene rings is 2. The van der Waals surface area contributed by atoms with Gasteiger partial charge in [0.2, 0.25) is 17.7 Å². The Labute approximate surface area is 183 Å². The maximum Gasteiger partial charge on any atom is 0.246 e. The summed E-state index contributed by atoms with van der Waals surface area (Å²) in [4.78, 5) is 39.3. The Morgan fingerprint density at radius 3 is 2.23 bits per heavy atom. The number of methoxy groups -OCH3 is 1. The maximum atomic E-state index is 13.2. The average molecular weight is 426 g/mol. The number of ether oxygens (including phenoxy) is 1. The van der Waals surface area contributed by atoms with Crippen molar-refractivity contribution in [2.45, 2.75) is 45.7 Å². The zero-order valence-corrected chi connectivity index (χ0v) is 18.6. The first-order valence-electron chi connectivity index (χ1n) is 10.4. The van der Waals surface area contributed by atoms with E-state index in [1.54, 1.807) is 43.2 Å². The summed E-state index contributed by atoms with van der Waals surface area (Å²) in [7, 11) is 1.58. The number of carbonyl (C=O) groups is 3. The highest BCUT2D eigenvalue weighted by atomic mass is 16.5. The lowest BCUT2D eigenvalue weighted by Gasteiger charge is -2.30. The van der Waals surface area contributed by atoms with E-state index in [0.717, 1.165) is 5.56 Å². The minimum Gasteiger partial charge on any atom is -0.497 e. The van der Waals surface area contributed by atoms with Gasteiger partial charge in [-0.15, -0.1) is 0 Å². The van der Waals surface area contributed by atoms with Crippen molar-refractivity contribution < 1.29 is 19.1 Å². The van der Waals surface area contributed by atoms with Gasteiger partial charge in [-0.3, -0.25) is 14.4 Å². The summed E-state index contributed by atoms with van der Waals surface area (Å²) < 4.78 is 5.18. The third-order valence-electron chi connectivity index (χ3n) is 4.95. The van der Waals surface area contributed by atoms with Crippen LogP contribution in [0.5, 0.6) is 5.75 Å². The highest BCUT2D eigenvalue weighted by Crippen LogP contribution is 2.22. The van der Waals surface area contributed by atoms with Crippen molar-refractivity contribution in [2.24, 2.45) is 0 Å². The van der Waals surface area contributed by atoms with Gasteiger partial charge in [0.15, 0.2) is 0 Å². The van der Waals surface area contributed by atoms with Crippen LogP contribution in [0.15, 0.2) is 54.6 Å². The van der Waals surface area contributed by atoms with Crippen LogP contribution in [0.3, 0.4) is 0 Å². The van der Waals surface area contributed by atoms with Gasteiger partial charge in [0.25, 0.3) is 0 Å². The molecule has 0 saturated heterocycles. The molecule has 3 amide bonds. The first-order valence-corrected chi connectivity index (χ1v) is 10.4. The molecule has 7 heteroatoms. The van der Waals surface area contributed by atoms with Crippen LogP contribution >= 0.6 is 0 Å². The molecule has 0 heterocycles. The van der Waals surface area contributed by atoms with Gasteiger partial charge in [0, 0.05) is 19.2 Å². The number of rotatable bonds is 10. The van der Waals surface area contributed by atoms with Crippen LogP contribution in [0, 0.1) is 0 Å². The molecule has 0 aliphatic rings. The molecule has 0 spiro atoms. The lowest BCUT2D eigenvalue weighted by atomic mass is 10.0. The molecular weight excluding hydrogens is 394 g/mol. The second-order valence-electron chi connectivity index (χ2n) is 7.35. The third kappa shape index (κ3) is 7.13. The third-order valence-corrected chi connectivity index (χ3v) is 4.95. The van der Waals surface area contributed by atoms with Crippen LogP contribution in [0.2, 0.25) is 0 Å². The van der Waals surface area contributed by atoms with E-state index >= 15 is 0 Å². The molecule has 2 aromatic rings. The van der Waals surface area contributed by atoms with Gasteiger partial charge >= 0.3 is 0 Å². The summed E-state index contributed by atoms with van der Waals surface area (Å²) in [5.41, 5.74) is 1.47. The van der Waals surface area contributed by atoms with E-state index in [-0.39, 0.29) is 24.1 Å². The molecule has 2 aromatic carbocycles. The first-order chi connectivity index (χ1) is 14.8. The molecule has 0 radical (unpaired) electrons.